The summed E-state index contributed by atoms with van der Waals surface area (Å²) in [5.74, 6) is -0.614. The first kappa shape index (κ1) is 24.7. The molecule has 10 heteroatoms. The van der Waals surface area contributed by atoms with Gasteiger partial charge in [-0.2, -0.15) is 0 Å². The van der Waals surface area contributed by atoms with E-state index in [9.17, 15) is 17.6 Å². The highest BCUT2D eigenvalue weighted by atomic mass is 35.5. The number of nitrogens with one attached hydrogen (secondary N) is 1. The van der Waals surface area contributed by atoms with Gasteiger partial charge in [0.05, 0.1) is 15.6 Å². The number of nitrogens with zero attached hydrogens (tertiary/aromatic N) is 2. The maximum absolute atomic E-state index is 13.8. The SMILES string of the molecule is Nc1ncccc1CNC(=O)[C@@H]1Cc2ccccc2N1S(=O)(=O)c1ccc(-c2ccc(F)cc2Cl)cc1. The number of pyridine rings is 1. The summed E-state index contributed by atoms with van der Waals surface area (Å²) >= 11 is 6.17. The van der Waals surface area contributed by atoms with Crippen LogP contribution in [0.1, 0.15) is 11.1 Å². The fraction of sp³-hybridized carbons (Fsp3) is 0.111. The summed E-state index contributed by atoms with van der Waals surface area (Å²) in [5, 5.41) is 3.02. The van der Waals surface area contributed by atoms with E-state index in [0.717, 1.165) is 5.56 Å². The second-order valence-corrected chi connectivity index (χ2v) is 10.8. The van der Waals surface area contributed by atoms with Crippen molar-refractivity contribution in [2.24, 2.45) is 0 Å². The second-order valence-electron chi connectivity index (χ2n) is 8.56. The molecule has 0 saturated carbocycles. The molecule has 0 spiro atoms. The Labute approximate surface area is 218 Å². The normalized spacial score (nSPS) is 14.9. The standard InChI is InChI=1S/C27H22ClFN4O3S/c28-23-15-20(29)9-12-22(23)17-7-10-21(11-8-17)37(35,36)33-24-6-2-1-4-18(24)14-25(33)27(34)32-16-19-5-3-13-31-26(19)30/h1-13,15,25H,14,16H2,(H2,30,31)(H,32,34)/t25-/m0/s1. The van der Waals surface area contributed by atoms with Crippen molar-refractivity contribution >= 4 is 39.0 Å². The molecule has 4 aromatic rings. The Morgan fingerprint density at radius 3 is 2.57 bits per heavy atom. The highest BCUT2D eigenvalue weighted by Gasteiger charge is 2.42. The Morgan fingerprint density at radius 1 is 1.08 bits per heavy atom. The van der Waals surface area contributed by atoms with Gasteiger partial charge in [0.1, 0.15) is 17.7 Å². The highest BCUT2D eigenvalue weighted by molar-refractivity contribution is 7.93. The van der Waals surface area contributed by atoms with Gasteiger partial charge in [0.2, 0.25) is 5.91 Å². The molecule has 3 N–H and O–H groups in total. The average Bonchev–Trinajstić information content (AvgIpc) is 3.29. The van der Waals surface area contributed by atoms with Crippen molar-refractivity contribution in [3.63, 3.8) is 0 Å². The number of anilines is 2. The Bertz CT molecular complexity index is 1600. The molecule has 0 radical (unpaired) electrons. The van der Waals surface area contributed by atoms with Crippen LogP contribution >= 0.6 is 11.6 Å². The number of nitrogen functional groups attached to an aromatic ring is 1. The smallest absolute Gasteiger partial charge is 0.265 e. The second kappa shape index (κ2) is 9.84. The largest absolute Gasteiger partial charge is 0.383 e. The van der Waals surface area contributed by atoms with Crippen molar-refractivity contribution in [2.45, 2.75) is 23.9 Å². The molecule has 7 nitrogen and oxygen atoms in total. The number of hydrogen-bond donors (Lipinski definition) is 2. The fourth-order valence-electron chi connectivity index (χ4n) is 4.40. The molecule has 37 heavy (non-hydrogen) atoms. The minimum absolute atomic E-state index is 0.0143. The molecule has 0 unspecified atom stereocenters. The maximum atomic E-state index is 13.8. The van der Waals surface area contributed by atoms with Crippen LogP contribution in [-0.2, 0) is 27.8 Å². The van der Waals surface area contributed by atoms with E-state index in [1.807, 2.05) is 12.1 Å². The number of carbonyl (C=O) groups excluding carboxylic acids is 1. The lowest BCUT2D eigenvalue weighted by atomic mass is 10.1. The third-order valence-electron chi connectivity index (χ3n) is 6.26. The van der Waals surface area contributed by atoms with Crippen LogP contribution in [-0.4, -0.2) is 25.4 Å². The first-order valence-corrected chi connectivity index (χ1v) is 13.2. The van der Waals surface area contributed by atoms with Crippen LogP contribution in [0, 0.1) is 5.82 Å². The van der Waals surface area contributed by atoms with Gasteiger partial charge in [0.15, 0.2) is 0 Å². The van der Waals surface area contributed by atoms with Gasteiger partial charge in [-0.1, -0.05) is 48.0 Å². The van der Waals surface area contributed by atoms with Crippen molar-refractivity contribution in [3.05, 3.63) is 107 Å². The Hall–Kier alpha value is -3.95. The Morgan fingerprint density at radius 2 is 1.84 bits per heavy atom. The van der Waals surface area contributed by atoms with E-state index in [1.54, 1.807) is 42.6 Å². The van der Waals surface area contributed by atoms with E-state index in [-0.39, 0.29) is 22.9 Å². The number of sulfonamides is 1. The quantitative estimate of drug-likeness (QED) is 0.376. The van der Waals surface area contributed by atoms with Gasteiger partial charge in [-0.05, 0) is 53.6 Å². The molecule has 1 aromatic heterocycles. The van der Waals surface area contributed by atoms with Crippen LogP contribution in [0.25, 0.3) is 11.1 Å². The summed E-state index contributed by atoms with van der Waals surface area (Å²) in [6.45, 7) is 0.117. The summed E-state index contributed by atoms with van der Waals surface area (Å²) in [7, 11) is -4.11. The molecule has 2 heterocycles. The first-order valence-electron chi connectivity index (χ1n) is 11.4. The summed E-state index contributed by atoms with van der Waals surface area (Å²) < 4.78 is 42.3. The lowest BCUT2D eigenvalue weighted by molar-refractivity contribution is -0.122. The molecule has 1 aliphatic heterocycles. The van der Waals surface area contributed by atoms with Crippen LogP contribution in [0.15, 0.2) is 90.0 Å². The highest BCUT2D eigenvalue weighted by Crippen LogP contribution is 2.37. The van der Waals surface area contributed by atoms with Crippen LogP contribution in [0.3, 0.4) is 0 Å². The Balaban J connectivity index is 1.45. The van der Waals surface area contributed by atoms with E-state index in [4.69, 9.17) is 17.3 Å². The molecule has 0 saturated heterocycles. The van der Waals surface area contributed by atoms with Crippen molar-refractivity contribution in [1.82, 2.24) is 10.3 Å². The zero-order valence-electron chi connectivity index (χ0n) is 19.4. The van der Waals surface area contributed by atoms with Gasteiger partial charge in [-0.15, -0.1) is 0 Å². The predicted octanol–water partition coefficient (Wildman–Crippen LogP) is 4.56. The molecule has 1 aliphatic rings. The number of hydrogen-bond acceptors (Lipinski definition) is 5. The molecule has 0 aliphatic carbocycles. The molecular weight excluding hydrogens is 515 g/mol. The van der Waals surface area contributed by atoms with Gasteiger partial charge in [0, 0.05) is 30.3 Å². The van der Waals surface area contributed by atoms with Crippen LogP contribution in [0.5, 0.6) is 0 Å². The number of para-hydroxylation sites is 1. The summed E-state index contributed by atoms with van der Waals surface area (Å²) in [4.78, 5) is 17.3. The number of aromatic nitrogens is 1. The molecule has 1 atom stereocenters. The molecular formula is C27H22ClFN4O3S. The van der Waals surface area contributed by atoms with Gasteiger partial charge in [-0.3, -0.25) is 9.10 Å². The molecule has 188 valence electrons. The summed E-state index contributed by atoms with van der Waals surface area (Å²) in [6, 6.07) is 19.7. The first-order chi connectivity index (χ1) is 17.8. The summed E-state index contributed by atoms with van der Waals surface area (Å²) in [5.41, 5.74) is 8.92. The van der Waals surface area contributed by atoms with Crippen molar-refractivity contribution in [3.8, 4) is 11.1 Å². The van der Waals surface area contributed by atoms with Gasteiger partial charge < -0.3 is 11.1 Å². The lowest BCUT2D eigenvalue weighted by Crippen LogP contribution is -2.47. The van der Waals surface area contributed by atoms with Crippen LogP contribution in [0.4, 0.5) is 15.9 Å². The molecule has 1 amide bonds. The monoisotopic (exact) mass is 536 g/mol. The Kier molecular flexibility index (Phi) is 6.57. The lowest BCUT2D eigenvalue weighted by Gasteiger charge is -2.26. The van der Waals surface area contributed by atoms with Crippen molar-refractivity contribution in [2.75, 3.05) is 10.0 Å². The minimum atomic E-state index is -4.11. The third kappa shape index (κ3) is 4.75. The number of carbonyl (C=O) groups is 1. The van der Waals surface area contributed by atoms with Crippen LogP contribution < -0.4 is 15.4 Å². The van der Waals surface area contributed by atoms with Gasteiger partial charge >= 0.3 is 0 Å². The zero-order valence-corrected chi connectivity index (χ0v) is 21.0. The number of nitrogens with two attached hydrogens (primary N) is 1. The van der Waals surface area contributed by atoms with Crippen molar-refractivity contribution < 1.29 is 17.6 Å². The minimum Gasteiger partial charge on any atom is -0.383 e. The number of benzene rings is 3. The third-order valence-corrected chi connectivity index (χ3v) is 8.41. The average molecular weight is 537 g/mol. The number of amides is 1. The zero-order chi connectivity index (χ0) is 26.2. The van der Waals surface area contributed by atoms with E-state index in [0.29, 0.717) is 28.2 Å². The number of halogens is 2. The summed E-state index contributed by atoms with van der Waals surface area (Å²) in [6.07, 6.45) is 1.78. The van der Waals surface area contributed by atoms with E-state index < -0.39 is 27.8 Å². The molecule has 0 fully saturated rings. The van der Waals surface area contributed by atoms with E-state index >= 15 is 0 Å². The number of fused-ring (bicyclic) bond motifs is 1. The van der Waals surface area contributed by atoms with Crippen LogP contribution in [0.2, 0.25) is 5.02 Å². The molecule has 5 rings (SSSR count). The maximum Gasteiger partial charge on any atom is 0.265 e. The fourth-order valence-corrected chi connectivity index (χ4v) is 6.32. The molecule has 3 aromatic carbocycles. The topological polar surface area (TPSA) is 105 Å². The van der Waals surface area contributed by atoms with Gasteiger partial charge in [-0.25, -0.2) is 17.8 Å². The van der Waals surface area contributed by atoms with E-state index in [2.05, 4.69) is 10.3 Å². The number of rotatable bonds is 6. The molecule has 0 bridgehead atoms. The predicted molar refractivity (Wildman–Crippen MR) is 141 cm³/mol. The van der Waals surface area contributed by atoms with Crippen molar-refractivity contribution in [1.29, 1.82) is 0 Å². The van der Waals surface area contributed by atoms with E-state index in [1.165, 1.54) is 34.6 Å². The van der Waals surface area contributed by atoms with Gasteiger partial charge in [0.25, 0.3) is 10.0 Å².